The molecule has 1 aliphatic heterocycles. The van der Waals surface area contributed by atoms with Crippen molar-refractivity contribution < 1.29 is 9.59 Å². The van der Waals surface area contributed by atoms with Crippen molar-refractivity contribution in [3.63, 3.8) is 0 Å². The average molecular weight is 348 g/mol. The molecule has 2 rings (SSSR count). The molecule has 0 aliphatic carbocycles. The highest BCUT2D eigenvalue weighted by molar-refractivity contribution is 5.87. The van der Waals surface area contributed by atoms with Crippen molar-refractivity contribution in [1.29, 1.82) is 0 Å². The molecule has 2 heterocycles. The van der Waals surface area contributed by atoms with Gasteiger partial charge in [-0.3, -0.25) is 9.59 Å². The van der Waals surface area contributed by atoms with E-state index in [0.717, 1.165) is 31.7 Å². The van der Waals surface area contributed by atoms with E-state index in [4.69, 9.17) is 5.73 Å². The van der Waals surface area contributed by atoms with Gasteiger partial charge in [0.25, 0.3) is 0 Å². The molecule has 2 amide bonds. The van der Waals surface area contributed by atoms with Gasteiger partial charge in [-0.2, -0.15) is 5.10 Å². The summed E-state index contributed by atoms with van der Waals surface area (Å²) >= 11 is 0. The minimum absolute atomic E-state index is 0.0138. The van der Waals surface area contributed by atoms with Gasteiger partial charge in [-0.05, 0) is 30.9 Å². The molecule has 0 spiro atoms. The first-order valence-corrected chi connectivity index (χ1v) is 8.71. The number of anilines is 1. The second-order valence-corrected chi connectivity index (χ2v) is 6.79. The summed E-state index contributed by atoms with van der Waals surface area (Å²) in [7, 11) is 1.79. The lowest BCUT2D eigenvalue weighted by Gasteiger charge is -2.37. The lowest BCUT2D eigenvalue weighted by atomic mass is 10.0. The SMILES string of the molecule is CC(C)[C@H](N)C(=O)NCC(=O)N(C)C1CCN(c2cccnn2)CC1. The van der Waals surface area contributed by atoms with E-state index in [1.807, 2.05) is 26.0 Å². The maximum Gasteiger partial charge on any atom is 0.241 e. The monoisotopic (exact) mass is 348 g/mol. The molecule has 0 bridgehead atoms. The van der Waals surface area contributed by atoms with Crippen LogP contribution in [0.1, 0.15) is 26.7 Å². The van der Waals surface area contributed by atoms with Gasteiger partial charge >= 0.3 is 0 Å². The minimum Gasteiger partial charge on any atom is -0.355 e. The van der Waals surface area contributed by atoms with Crippen molar-refractivity contribution >= 4 is 17.6 Å². The van der Waals surface area contributed by atoms with Gasteiger partial charge in [0.05, 0.1) is 12.6 Å². The number of likely N-dealkylation sites (N-methyl/N-ethyl adjacent to an activating group) is 1. The van der Waals surface area contributed by atoms with Gasteiger partial charge in [-0.1, -0.05) is 13.8 Å². The van der Waals surface area contributed by atoms with Gasteiger partial charge in [-0.15, -0.1) is 5.10 Å². The van der Waals surface area contributed by atoms with Crippen LogP contribution in [0.4, 0.5) is 5.82 Å². The fraction of sp³-hybridized carbons (Fsp3) is 0.647. The van der Waals surface area contributed by atoms with Gasteiger partial charge in [0, 0.05) is 32.4 Å². The Balaban J connectivity index is 1.78. The molecule has 1 aromatic heterocycles. The van der Waals surface area contributed by atoms with E-state index in [1.54, 1.807) is 18.1 Å². The summed E-state index contributed by atoms with van der Waals surface area (Å²) in [6.45, 7) is 5.39. The van der Waals surface area contributed by atoms with Gasteiger partial charge < -0.3 is 20.9 Å². The second kappa shape index (κ2) is 8.75. The Kier molecular flexibility index (Phi) is 6.69. The largest absolute Gasteiger partial charge is 0.355 e. The molecule has 1 saturated heterocycles. The molecule has 1 atom stereocenters. The molecule has 138 valence electrons. The van der Waals surface area contributed by atoms with E-state index in [-0.39, 0.29) is 30.3 Å². The molecule has 25 heavy (non-hydrogen) atoms. The number of carbonyl (C=O) groups excluding carboxylic acids is 2. The third kappa shape index (κ3) is 5.12. The molecule has 0 radical (unpaired) electrons. The molecule has 8 nitrogen and oxygen atoms in total. The van der Waals surface area contributed by atoms with Crippen LogP contribution in [0.25, 0.3) is 0 Å². The first-order valence-electron chi connectivity index (χ1n) is 8.71. The molecule has 8 heteroatoms. The fourth-order valence-corrected chi connectivity index (χ4v) is 2.86. The number of amides is 2. The van der Waals surface area contributed by atoms with Gasteiger partial charge in [0.2, 0.25) is 11.8 Å². The van der Waals surface area contributed by atoms with Crippen LogP contribution in [0.2, 0.25) is 0 Å². The zero-order valence-corrected chi connectivity index (χ0v) is 15.2. The predicted molar refractivity (Wildman–Crippen MR) is 95.9 cm³/mol. The first kappa shape index (κ1) is 19.1. The topological polar surface area (TPSA) is 104 Å². The highest BCUT2D eigenvalue weighted by Crippen LogP contribution is 2.19. The quantitative estimate of drug-likeness (QED) is 0.750. The average Bonchev–Trinajstić information content (AvgIpc) is 2.65. The maximum absolute atomic E-state index is 12.3. The summed E-state index contributed by atoms with van der Waals surface area (Å²) in [5.74, 6) is 0.527. The van der Waals surface area contributed by atoms with Crippen LogP contribution in [0.3, 0.4) is 0 Å². The molecular formula is C17H28N6O2. The lowest BCUT2D eigenvalue weighted by Crippen LogP contribution is -2.51. The number of carbonyl (C=O) groups is 2. The van der Waals surface area contributed by atoms with E-state index < -0.39 is 6.04 Å². The molecular weight excluding hydrogens is 320 g/mol. The number of nitrogens with one attached hydrogen (secondary N) is 1. The Hall–Kier alpha value is -2.22. The molecule has 0 aromatic carbocycles. The summed E-state index contributed by atoms with van der Waals surface area (Å²) in [5.41, 5.74) is 5.78. The van der Waals surface area contributed by atoms with Crippen LogP contribution in [0.15, 0.2) is 18.3 Å². The van der Waals surface area contributed by atoms with E-state index in [2.05, 4.69) is 20.4 Å². The first-order chi connectivity index (χ1) is 11.9. The Morgan fingerprint density at radius 2 is 2.08 bits per heavy atom. The summed E-state index contributed by atoms with van der Waals surface area (Å²) in [6.07, 6.45) is 3.37. The number of hydrogen-bond acceptors (Lipinski definition) is 6. The number of hydrogen-bond donors (Lipinski definition) is 2. The van der Waals surface area contributed by atoms with Crippen molar-refractivity contribution in [2.24, 2.45) is 11.7 Å². The van der Waals surface area contributed by atoms with E-state index in [9.17, 15) is 9.59 Å². The van der Waals surface area contributed by atoms with Gasteiger partial charge in [-0.25, -0.2) is 0 Å². The lowest BCUT2D eigenvalue weighted by molar-refractivity contribution is -0.134. The molecule has 0 saturated carbocycles. The molecule has 0 unspecified atom stereocenters. The Morgan fingerprint density at radius 3 is 2.64 bits per heavy atom. The molecule has 3 N–H and O–H groups in total. The third-order valence-corrected chi connectivity index (χ3v) is 4.72. The van der Waals surface area contributed by atoms with Crippen LogP contribution in [-0.2, 0) is 9.59 Å². The highest BCUT2D eigenvalue weighted by atomic mass is 16.2. The zero-order valence-electron chi connectivity index (χ0n) is 15.2. The van der Waals surface area contributed by atoms with Crippen molar-refractivity contribution in [1.82, 2.24) is 20.4 Å². The number of aromatic nitrogens is 2. The Labute approximate surface area is 148 Å². The minimum atomic E-state index is -0.590. The Morgan fingerprint density at radius 1 is 1.40 bits per heavy atom. The van der Waals surface area contributed by atoms with Crippen molar-refractivity contribution in [3.8, 4) is 0 Å². The van der Waals surface area contributed by atoms with Crippen LogP contribution >= 0.6 is 0 Å². The standard InChI is InChI=1S/C17H28N6O2/c1-12(2)16(18)17(25)19-11-15(24)22(3)13-6-9-23(10-7-13)14-5-4-8-20-21-14/h4-5,8,12-13,16H,6-7,9-11,18H2,1-3H3,(H,19,25)/t16-/m0/s1. The van der Waals surface area contributed by atoms with Crippen LogP contribution < -0.4 is 16.0 Å². The molecule has 1 fully saturated rings. The smallest absolute Gasteiger partial charge is 0.241 e. The van der Waals surface area contributed by atoms with Crippen LogP contribution in [0.5, 0.6) is 0 Å². The molecule has 1 aliphatic rings. The normalized spacial score (nSPS) is 16.6. The summed E-state index contributed by atoms with van der Waals surface area (Å²) < 4.78 is 0. The summed E-state index contributed by atoms with van der Waals surface area (Å²) in [4.78, 5) is 28.1. The maximum atomic E-state index is 12.3. The van der Waals surface area contributed by atoms with E-state index in [0.29, 0.717) is 0 Å². The van der Waals surface area contributed by atoms with Crippen molar-refractivity contribution in [2.45, 2.75) is 38.8 Å². The van der Waals surface area contributed by atoms with Gasteiger partial charge in [0.1, 0.15) is 0 Å². The number of nitrogens with zero attached hydrogens (tertiary/aromatic N) is 4. The summed E-state index contributed by atoms with van der Waals surface area (Å²) in [6, 6.07) is 3.38. The number of nitrogens with two attached hydrogens (primary N) is 1. The summed E-state index contributed by atoms with van der Waals surface area (Å²) in [5, 5.41) is 10.7. The second-order valence-electron chi connectivity index (χ2n) is 6.79. The Bertz CT molecular complexity index is 572. The highest BCUT2D eigenvalue weighted by Gasteiger charge is 2.26. The van der Waals surface area contributed by atoms with E-state index >= 15 is 0 Å². The fourth-order valence-electron chi connectivity index (χ4n) is 2.86. The number of rotatable bonds is 6. The van der Waals surface area contributed by atoms with Crippen LogP contribution in [0, 0.1) is 5.92 Å². The van der Waals surface area contributed by atoms with Crippen molar-refractivity contribution in [2.75, 3.05) is 31.6 Å². The predicted octanol–water partition coefficient (Wildman–Crippen LogP) is 0.00330. The number of piperidine rings is 1. The van der Waals surface area contributed by atoms with E-state index in [1.165, 1.54) is 0 Å². The third-order valence-electron chi connectivity index (χ3n) is 4.72. The van der Waals surface area contributed by atoms with Gasteiger partial charge in [0.15, 0.2) is 5.82 Å². The molecule has 1 aromatic rings. The zero-order chi connectivity index (χ0) is 18.4. The van der Waals surface area contributed by atoms with Crippen LogP contribution in [-0.4, -0.2) is 65.7 Å². The van der Waals surface area contributed by atoms with Crippen molar-refractivity contribution in [3.05, 3.63) is 18.3 Å².